The van der Waals surface area contributed by atoms with Crippen LogP contribution < -0.4 is 14.4 Å². The number of benzene rings is 1. The smallest absolute Gasteiger partial charge is 0.318 e. The first-order chi connectivity index (χ1) is 11.4. The van der Waals surface area contributed by atoms with Gasteiger partial charge in [-0.25, -0.2) is 0 Å². The zero-order valence-electron chi connectivity index (χ0n) is 12.8. The van der Waals surface area contributed by atoms with Crippen LogP contribution in [0.2, 0.25) is 0 Å². The van der Waals surface area contributed by atoms with Gasteiger partial charge in [0.25, 0.3) is 0 Å². The van der Waals surface area contributed by atoms with Crippen molar-refractivity contribution in [1.82, 2.24) is 15.1 Å². The second-order valence-electron chi connectivity index (χ2n) is 6.22. The van der Waals surface area contributed by atoms with E-state index >= 15 is 0 Å². The summed E-state index contributed by atoms with van der Waals surface area (Å²) in [4.78, 5) is 4.78. The molecule has 0 aliphatic carbocycles. The lowest BCUT2D eigenvalue weighted by Crippen LogP contribution is -2.38. The number of nitrogens with zero attached hydrogens (tertiary/aromatic N) is 4. The van der Waals surface area contributed by atoms with Crippen LogP contribution in [-0.4, -0.2) is 54.1 Å². The lowest BCUT2D eigenvalue weighted by Gasteiger charge is -2.29. The highest BCUT2D eigenvalue weighted by atomic mass is 16.7. The summed E-state index contributed by atoms with van der Waals surface area (Å²) < 4.78 is 16.7. The van der Waals surface area contributed by atoms with Crippen molar-refractivity contribution in [3.8, 4) is 23.0 Å². The van der Waals surface area contributed by atoms with E-state index in [1.165, 1.54) is 25.9 Å². The average Bonchev–Trinajstić information content (AvgIpc) is 3.17. The molecule has 1 aromatic heterocycles. The summed E-state index contributed by atoms with van der Waals surface area (Å²) in [6, 6.07) is 6.83. The molecule has 0 unspecified atom stereocenters. The first-order valence-corrected chi connectivity index (χ1v) is 8.09. The van der Waals surface area contributed by atoms with E-state index in [0.717, 1.165) is 30.2 Å². The van der Waals surface area contributed by atoms with Gasteiger partial charge in [-0.05, 0) is 31.0 Å². The molecule has 120 valence electrons. The van der Waals surface area contributed by atoms with E-state index in [2.05, 4.69) is 20.0 Å². The molecule has 4 aliphatic heterocycles. The van der Waals surface area contributed by atoms with E-state index < -0.39 is 0 Å². The Bertz CT molecular complexity index is 724. The lowest BCUT2D eigenvalue weighted by molar-refractivity contribution is 0.174. The van der Waals surface area contributed by atoms with Crippen molar-refractivity contribution in [2.24, 2.45) is 0 Å². The fraction of sp³-hybridized carbons (Fsp3) is 0.500. The Kier molecular flexibility index (Phi) is 2.94. The first kappa shape index (κ1) is 13.2. The molecule has 4 aliphatic rings. The molecule has 3 fully saturated rings. The molecular weight excluding hydrogens is 296 g/mol. The highest BCUT2D eigenvalue weighted by Gasteiger charge is 2.32. The number of hydrogen-bond donors (Lipinski definition) is 0. The molecule has 0 radical (unpaired) electrons. The molecule has 6 rings (SSSR count). The van der Waals surface area contributed by atoms with Gasteiger partial charge in [0.2, 0.25) is 12.7 Å². The molecular formula is C16H18N4O3. The van der Waals surface area contributed by atoms with Crippen molar-refractivity contribution in [2.45, 2.75) is 18.9 Å². The normalized spacial score (nSPS) is 25.7. The first-order valence-electron chi connectivity index (χ1n) is 8.09. The fourth-order valence-electron chi connectivity index (χ4n) is 3.62. The Hall–Kier alpha value is -2.28. The van der Waals surface area contributed by atoms with Crippen molar-refractivity contribution >= 4 is 6.01 Å². The van der Waals surface area contributed by atoms with Gasteiger partial charge >= 0.3 is 6.01 Å². The van der Waals surface area contributed by atoms with Gasteiger partial charge in [-0.3, -0.25) is 0 Å². The van der Waals surface area contributed by atoms with Gasteiger partial charge in [0.05, 0.1) is 0 Å². The van der Waals surface area contributed by atoms with Crippen LogP contribution in [0.1, 0.15) is 12.8 Å². The molecule has 0 N–H and O–H groups in total. The topological polar surface area (TPSA) is 63.9 Å². The number of anilines is 1. The Morgan fingerprint density at radius 1 is 0.957 bits per heavy atom. The monoisotopic (exact) mass is 314 g/mol. The number of rotatable bonds is 2. The quantitative estimate of drug-likeness (QED) is 0.836. The van der Waals surface area contributed by atoms with Crippen molar-refractivity contribution in [3.05, 3.63) is 18.2 Å². The summed E-state index contributed by atoms with van der Waals surface area (Å²) in [6.45, 7) is 4.63. The predicted molar refractivity (Wildman–Crippen MR) is 82.7 cm³/mol. The van der Waals surface area contributed by atoms with Gasteiger partial charge in [0.15, 0.2) is 11.5 Å². The predicted octanol–water partition coefficient (Wildman–Crippen LogP) is 1.75. The van der Waals surface area contributed by atoms with Gasteiger partial charge in [-0.15, -0.1) is 5.10 Å². The highest BCUT2D eigenvalue weighted by Crippen LogP contribution is 2.36. The largest absolute Gasteiger partial charge is 0.454 e. The minimum absolute atomic E-state index is 0.264. The third-order valence-corrected chi connectivity index (χ3v) is 4.93. The van der Waals surface area contributed by atoms with Crippen molar-refractivity contribution < 1.29 is 13.9 Å². The Balaban J connectivity index is 1.44. The van der Waals surface area contributed by atoms with E-state index in [1.807, 2.05) is 18.2 Å². The maximum Gasteiger partial charge on any atom is 0.318 e. The van der Waals surface area contributed by atoms with E-state index in [9.17, 15) is 0 Å². The van der Waals surface area contributed by atoms with E-state index in [1.54, 1.807) is 0 Å². The maximum atomic E-state index is 5.96. The van der Waals surface area contributed by atoms with E-state index in [0.29, 0.717) is 17.9 Å². The van der Waals surface area contributed by atoms with E-state index in [4.69, 9.17) is 13.9 Å². The minimum atomic E-state index is 0.264. The number of fused-ring (bicyclic) bond motifs is 5. The molecule has 2 aromatic rings. The van der Waals surface area contributed by atoms with Crippen molar-refractivity contribution in [2.75, 3.05) is 37.9 Å². The number of hydrogen-bond acceptors (Lipinski definition) is 7. The van der Waals surface area contributed by atoms with Crippen LogP contribution in [-0.2, 0) is 0 Å². The Labute approximate surface area is 133 Å². The molecule has 0 spiro atoms. The highest BCUT2D eigenvalue weighted by molar-refractivity contribution is 5.60. The number of aromatic nitrogens is 2. The molecule has 0 saturated carbocycles. The van der Waals surface area contributed by atoms with Crippen LogP contribution in [0.5, 0.6) is 11.5 Å². The molecule has 5 heterocycles. The van der Waals surface area contributed by atoms with Crippen LogP contribution in [0.4, 0.5) is 6.01 Å². The minimum Gasteiger partial charge on any atom is -0.454 e. The molecule has 0 amide bonds. The molecule has 2 bridgehead atoms. The molecule has 7 nitrogen and oxygen atoms in total. The van der Waals surface area contributed by atoms with Gasteiger partial charge in [-0.1, -0.05) is 5.10 Å². The average molecular weight is 314 g/mol. The molecule has 3 saturated heterocycles. The van der Waals surface area contributed by atoms with Crippen molar-refractivity contribution in [1.29, 1.82) is 0 Å². The van der Waals surface area contributed by atoms with Crippen LogP contribution in [0.3, 0.4) is 0 Å². The summed E-state index contributed by atoms with van der Waals surface area (Å²) >= 11 is 0. The summed E-state index contributed by atoms with van der Waals surface area (Å²) in [5.74, 6) is 2.01. The molecule has 23 heavy (non-hydrogen) atoms. The second-order valence-corrected chi connectivity index (χ2v) is 6.22. The third-order valence-electron chi connectivity index (χ3n) is 4.93. The SMILES string of the molecule is c1cc2c(cc1-c1nnc(N3CCN4CCC3CC4)o1)OCO2. The molecule has 0 atom stereocenters. The van der Waals surface area contributed by atoms with Crippen LogP contribution >= 0.6 is 0 Å². The summed E-state index contributed by atoms with van der Waals surface area (Å²) in [5.41, 5.74) is 0.857. The summed E-state index contributed by atoms with van der Waals surface area (Å²) in [7, 11) is 0. The van der Waals surface area contributed by atoms with Crippen molar-refractivity contribution in [3.63, 3.8) is 0 Å². The maximum absolute atomic E-state index is 5.96. The standard InChI is InChI=1S/C16H18N4O3/c1-2-13-14(22-10-21-13)9-11(1)15-17-18-16(23-15)20-8-7-19-5-3-12(20)4-6-19/h1-2,9,12H,3-8,10H2. The number of ether oxygens (including phenoxy) is 2. The lowest BCUT2D eigenvalue weighted by atomic mass is 10.1. The van der Waals surface area contributed by atoms with Crippen LogP contribution in [0, 0.1) is 0 Å². The number of piperidine rings is 1. The zero-order valence-corrected chi connectivity index (χ0v) is 12.8. The molecule has 7 heteroatoms. The summed E-state index contributed by atoms with van der Waals surface area (Å²) in [6.07, 6.45) is 2.34. The fourth-order valence-corrected chi connectivity index (χ4v) is 3.62. The van der Waals surface area contributed by atoms with Gasteiger partial charge in [0, 0.05) is 37.8 Å². The second kappa shape index (κ2) is 5.13. The van der Waals surface area contributed by atoms with Crippen LogP contribution in [0.25, 0.3) is 11.5 Å². The Morgan fingerprint density at radius 2 is 1.83 bits per heavy atom. The Morgan fingerprint density at radius 3 is 2.74 bits per heavy atom. The van der Waals surface area contributed by atoms with E-state index in [-0.39, 0.29) is 6.79 Å². The third kappa shape index (κ3) is 2.23. The van der Waals surface area contributed by atoms with Crippen LogP contribution in [0.15, 0.2) is 22.6 Å². The van der Waals surface area contributed by atoms with Gasteiger partial charge in [0.1, 0.15) is 0 Å². The zero-order chi connectivity index (χ0) is 15.2. The molecule has 1 aromatic carbocycles. The summed E-state index contributed by atoms with van der Waals surface area (Å²) in [5, 5.41) is 8.52. The van der Waals surface area contributed by atoms with Gasteiger partial charge < -0.3 is 23.7 Å². The van der Waals surface area contributed by atoms with Gasteiger partial charge in [-0.2, -0.15) is 0 Å².